The Morgan fingerprint density at radius 2 is 1.53 bits per heavy atom. The third kappa shape index (κ3) is 4.46. The van der Waals surface area contributed by atoms with Crippen LogP contribution >= 0.6 is 0 Å². The molecular weight excluding hydrogens is 309 g/mol. The number of halogens is 3. The second-order valence-corrected chi connectivity index (χ2v) is 7.76. The second kappa shape index (κ2) is 5.41. The van der Waals surface area contributed by atoms with Crippen molar-refractivity contribution in [2.45, 2.75) is 43.5 Å². The fourth-order valence-corrected chi connectivity index (χ4v) is 4.93. The van der Waals surface area contributed by atoms with E-state index in [1.165, 1.54) is 0 Å². The maximum atomic E-state index is 12.7. The van der Waals surface area contributed by atoms with Crippen LogP contribution in [0.25, 0.3) is 0 Å². The van der Waals surface area contributed by atoms with Crippen LogP contribution in [0.5, 0.6) is 0 Å². The van der Waals surface area contributed by atoms with E-state index in [1.807, 2.05) is 0 Å². The zero-order valence-electron chi connectivity index (χ0n) is 9.72. The first-order valence-corrected chi connectivity index (χ1v) is 8.50. The molecule has 0 unspecified atom stereocenters. The van der Waals surface area contributed by atoms with Gasteiger partial charge in [0.15, 0.2) is 14.7 Å². The van der Waals surface area contributed by atoms with Crippen LogP contribution in [0.1, 0.15) is 32.1 Å². The second-order valence-electron chi connectivity index (χ2n) is 4.30. The van der Waals surface area contributed by atoms with Gasteiger partial charge in [0.2, 0.25) is 0 Å². The molecule has 1 rings (SSSR count). The minimum atomic E-state index is -5.36. The molecule has 1 N–H and O–H groups in total. The average molecular weight is 322 g/mol. The summed E-state index contributed by atoms with van der Waals surface area (Å²) in [6, 6.07) is 0. The zero-order chi connectivity index (χ0) is 14.9. The van der Waals surface area contributed by atoms with Gasteiger partial charge in [-0.25, -0.2) is 8.42 Å². The van der Waals surface area contributed by atoms with Gasteiger partial charge >= 0.3 is 6.18 Å². The summed E-state index contributed by atoms with van der Waals surface area (Å²) in [5, 5.41) is -1.88. The van der Waals surface area contributed by atoms with Crippen LogP contribution in [0.2, 0.25) is 0 Å². The summed E-state index contributed by atoms with van der Waals surface area (Å²) in [7, 11) is -10.0. The highest BCUT2D eigenvalue weighted by Gasteiger charge is 2.47. The molecule has 0 aromatic heterocycles. The lowest BCUT2D eigenvalue weighted by molar-refractivity contribution is -0.0844. The van der Waals surface area contributed by atoms with E-state index in [4.69, 9.17) is 4.55 Å². The maximum absolute atomic E-state index is 12.7. The van der Waals surface area contributed by atoms with Crippen LogP contribution in [0, 0.1) is 0 Å². The van der Waals surface area contributed by atoms with E-state index in [9.17, 15) is 30.0 Å². The normalized spacial score (nSPS) is 20.5. The van der Waals surface area contributed by atoms with Crippen molar-refractivity contribution in [2.24, 2.45) is 0 Å². The molecule has 112 valence electrons. The standard InChI is InChI=1S/C9H13F3O5S2/c10-9(11,12)8(6-18(13,14)15)19(16,17)7-4-2-1-3-5-7/h6-7H,1-5H2,(H,13,14,15)/b8-6-. The van der Waals surface area contributed by atoms with Crippen LogP contribution in [0.3, 0.4) is 0 Å². The molecule has 0 bridgehead atoms. The molecule has 5 nitrogen and oxygen atoms in total. The highest BCUT2D eigenvalue weighted by Crippen LogP contribution is 2.36. The number of hydrogen-bond acceptors (Lipinski definition) is 4. The molecule has 1 aliphatic carbocycles. The molecule has 0 aromatic rings. The van der Waals surface area contributed by atoms with Gasteiger partial charge in [-0.2, -0.15) is 21.6 Å². The molecule has 1 aliphatic rings. The lowest BCUT2D eigenvalue weighted by Gasteiger charge is -2.23. The predicted molar refractivity (Wildman–Crippen MR) is 61.5 cm³/mol. The van der Waals surface area contributed by atoms with Gasteiger partial charge in [0, 0.05) is 0 Å². The molecule has 1 fully saturated rings. The summed E-state index contributed by atoms with van der Waals surface area (Å²) in [6.45, 7) is 0. The van der Waals surface area contributed by atoms with Gasteiger partial charge < -0.3 is 0 Å². The third-order valence-electron chi connectivity index (χ3n) is 2.83. The predicted octanol–water partition coefficient (Wildman–Crippen LogP) is 2.03. The Labute approximate surface area is 109 Å². The molecule has 0 amide bonds. The number of alkyl halides is 3. The fraction of sp³-hybridized carbons (Fsp3) is 0.778. The monoisotopic (exact) mass is 322 g/mol. The largest absolute Gasteiger partial charge is 0.427 e. The van der Waals surface area contributed by atoms with E-state index < -0.39 is 41.7 Å². The molecule has 0 aromatic carbocycles. The van der Waals surface area contributed by atoms with Crippen LogP contribution in [0.4, 0.5) is 13.2 Å². The Hall–Kier alpha value is -0.610. The minimum Gasteiger partial charge on any atom is -0.282 e. The van der Waals surface area contributed by atoms with E-state index in [2.05, 4.69) is 0 Å². The topological polar surface area (TPSA) is 88.5 Å². The maximum Gasteiger partial charge on any atom is 0.427 e. The van der Waals surface area contributed by atoms with E-state index in [0.717, 1.165) is 6.42 Å². The lowest BCUT2D eigenvalue weighted by Crippen LogP contribution is -2.31. The molecule has 10 heteroatoms. The third-order valence-corrected chi connectivity index (χ3v) is 5.83. The Morgan fingerprint density at radius 1 is 1.05 bits per heavy atom. The van der Waals surface area contributed by atoms with Crippen molar-refractivity contribution in [1.82, 2.24) is 0 Å². The van der Waals surface area contributed by atoms with Crippen molar-refractivity contribution in [3.63, 3.8) is 0 Å². The SMILES string of the molecule is O=S(=O)(O)/C=C(/C(F)(F)F)S(=O)(=O)C1CCCCC1. The number of allylic oxidation sites excluding steroid dienone is 1. The average Bonchev–Trinajstić information content (AvgIpc) is 2.24. The summed E-state index contributed by atoms with van der Waals surface area (Å²) >= 11 is 0. The lowest BCUT2D eigenvalue weighted by atomic mass is 10.0. The van der Waals surface area contributed by atoms with E-state index in [1.54, 1.807) is 0 Å². The van der Waals surface area contributed by atoms with Crippen molar-refractivity contribution >= 4 is 20.0 Å². The molecule has 0 saturated heterocycles. The van der Waals surface area contributed by atoms with Crippen molar-refractivity contribution in [2.75, 3.05) is 0 Å². The van der Waals surface area contributed by atoms with Crippen LogP contribution in [0.15, 0.2) is 10.3 Å². The van der Waals surface area contributed by atoms with Crippen molar-refractivity contribution in [3.8, 4) is 0 Å². The first-order valence-electron chi connectivity index (χ1n) is 5.45. The summed E-state index contributed by atoms with van der Waals surface area (Å²) in [5.74, 6) is 0. The molecule has 1 saturated carbocycles. The summed E-state index contributed by atoms with van der Waals surface area (Å²) < 4.78 is 91.2. The minimum absolute atomic E-state index is 0.0568. The quantitative estimate of drug-likeness (QED) is 0.803. The molecule has 0 aliphatic heterocycles. The molecule has 19 heavy (non-hydrogen) atoms. The zero-order valence-corrected chi connectivity index (χ0v) is 11.4. The van der Waals surface area contributed by atoms with E-state index in [-0.39, 0.29) is 12.8 Å². The Morgan fingerprint density at radius 3 is 1.89 bits per heavy atom. The Balaban J connectivity index is 3.29. The fourth-order valence-electron chi connectivity index (χ4n) is 1.99. The van der Waals surface area contributed by atoms with E-state index in [0.29, 0.717) is 12.8 Å². The highest BCUT2D eigenvalue weighted by molar-refractivity contribution is 7.97. The molecule has 0 atom stereocenters. The van der Waals surface area contributed by atoms with Crippen LogP contribution < -0.4 is 0 Å². The first-order chi connectivity index (χ1) is 8.44. The Bertz CT molecular complexity index is 553. The smallest absolute Gasteiger partial charge is 0.282 e. The van der Waals surface area contributed by atoms with E-state index >= 15 is 0 Å². The van der Waals surface area contributed by atoms with Crippen molar-refractivity contribution in [3.05, 3.63) is 10.3 Å². The molecule has 0 spiro atoms. The molecular formula is C9H13F3O5S2. The molecule has 0 radical (unpaired) electrons. The van der Waals surface area contributed by atoms with Crippen molar-refractivity contribution in [1.29, 1.82) is 0 Å². The summed E-state index contributed by atoms with van der Waals surface area (Å²) in [5.41, 5.74) is 0. The van der Waals surface area contributed by atoms with Crippen molar-refractivity contribution < 1.29 is 34.6 Å². The van der Waals surface area contributed by atoms with Gasteiger partial charge in [0.25, 0.3) is 10.1 Å². The van der Waals surface area contributed by atoms with Gasteiger partial charge in [0.05, 0.1) is 10.7 Å². The summed E-state index contributed by atoms with van der Waals surface area (Å²) in [4.78, 5) is -2.20. The summed E-state index contributed by atoms with van der Waals surface area (Å²) in [6.07, 6.45) is -3.56. The number of hydrogen-bond donors (Lipinski definition) is 1. The Kier molecular flexibility index (Phi) is 4.68. The van der Waals surface area contributed by atoms with Crippen LogP contribution in [-0.4, -0.2) is 32.8 Å². The van der Waals surface area contributed by atoms with Gasteiger partial charge in [-0.05, 0) is 12.8 Å². The van der Waals surface area contributed by atoms with Crippen LogP contribution in [-0.2, 0) is 20.0 Å². The highest BCUT2D eigenvalue weighted by atomic mass is 32.2. The first kappa shape index (κ1) is 16.4. The van der Waals surface area contributed by atoms with Gasteiger partial charge in [-0.15, -0.1) is 0 Å². The number of rotatable bonds is 3. The number of sulfone groups is 1. The van der Waals surface area contributed by atoms with Gasteiger partial charge in [-0.3, -0.25) is 4.55 Å². The molecule has 0 heterocycles. The van der Waals surface area contributed by atoms with Gasteiger partial charge in [0.1, 0.15) is 0 Å². The van der Waals surface area contributed by atoms with Gasteiger partial charge in [-0.1, -0.05) is 19.3 Å².